The highest BCUT2D eigenvalue weighted by Crippen LogP contribution is 2.36. The molecular weight excluding hydrogens is 314 g/mol. The van der Waals surface area contributed by atoms with Crippen LogP contribution in [0.1, 0.15) is 36.6 Å². The highest BCUT2D eigenvalue weighted by molar-refractivity contribution is 5.75. The highest BCUT2D eigenvalue weighted by atomic mass is 16.3. The summed E-state index contributed by atoms with van der Waals surface area (Å²) >= 11 is 0. The number of amides is 2. The maximum Gasteiger partial charge on any atom is 0.318 e. The third kappa shape index (κ3) is 3.71. The fourth-order valence-electron chi connectivity index (χ4n) is 3.50. The summed E-state index contributed by atoms with van der Waals surface area (Å²) in [4.78, 5) is 16.9. The van der Waals surface area contributed by atoms with Gasteiger partial charge in [-0.25, -0.2) is 4.79 Å². The minimum atomic E-state index is -0.289. The number of hydrogen-bond acceptors (Lipinski definition) is 3. The molecular formula is C20H27N3O2. The number of carbonyl (C=O) groups excluding carboxylic acids is 1. The zero-order chi connectivity index (χ0) is 17.9. The molecule has 2 amide bonds. The summed E-state index contributed by atoms with van der Waals surface area (Å²) in [5, 5.41) is 3.12. The Morgan fingerprint density at radius 3 is 2.40 bits per heavy atom. The van der Waals surface area contributed by atoms with Crippen molar-refractivity contribution >= 4 is 6.03 Å². The number of likely N-dealkylation sites (N-methyl/N-ethyl adjacent to an activating group) is 2. The molecule has 134 valence electrons. The van der Waals surface area contributed by atoms with E-state index in [9.17, 15) is 4.79 Å². The van der Waals surface area contributed by atoms with Gasteiger partial charge >= 0.3 is 6.03 Å². The molecule has 0 spiro atoms. The summed E-state index contributed by atoms with van der Waals surface area (Å²) in [7, 11) is 6.06. The molecule has 0 aliphatic heterocycles. The molecule has 5 heteroatoms. The van der Waals surface area contributed by atoms with Crippen molar-refractivity contribution in [2.75, 3.05) is 27.7 Å². The van der Waals surface area contributed by atoms with Crippen LogP contribution in [-0.4, -0.2) is 49.1 Å². The van der Waals surface area contributed by atoms with E-state index in [1.807, 2.05) is 49.5 Å². The second-order valence-corrected chi connectivity index (χ2v) is 7.14. The van der Waals surface area contributed by atoms with E-state index in [0.29, 0.717) is 0 Å². The van der Waals surface area contributed by atoms with Crippen molar-refractivity contribution in [2.24, 2.45) is 0 Å². The van der Waals surface area contributed by atoms with Gasteiger partial charge in [0.15, 0.2) is 0 Å². The van der Waals surface area contributed by atoms with E-state index >= 15 is 0 Å². The quantitative estimate of drug-likeness (QED) is 0.875. The second-order valence-electron chi connectivity index (χ2n) is 7.14. The van der Waals surface area contributed by atoms with Gasteiger partial charge in [0.1, 0.15) is 11.8 Å². The van der Waals surface area contributed by atoms with Crippen molar-refractivity contribution in [1.29, 1.82) is 0 Å². The van der Waals surface area contributed by atoms with Crippen LogP contribution >= 0.6 is 0 Å². The Bertz CT molecular complexity index is 678. The summed E-state index contributed by atoms with van der Waals surface area (Å²) in [5.74, 6) is 0.735. The monoisotopic (exact) mass is 341 g/mol. The number of rotatable bonds is 6. The molecule has 0 radical (unpaired) electrons. The van der Waals surface area contributed by atoms with Gasteiger partial charge in [0, 0.05) is 19.1 Å². The number of hydrogen-bond donors (Lipinski definition) is 1. The van der Waals surface area contributed by atoms with Crippen LogP contribution in [0.15, 0.2) is 53.1 Å². The molecule has 1 atom stereocenters. The van der Waals surface area contributed by atoms with Crippen LogP contribution in [0.25, 0.3) is 0 Å². The molecule has 1 aromatic heterocycles. The van der Waals surface area contributed by atoms with E-state index in [4.69, 9.17) is 4.42 Å². The second kappa shape index (κ2) is 7.31. The van der Waals surface area contributed by atoms with Crippen LogP contribution in [-0.2, 0) is 0 Å². The maximum absolute atomic E-state index is 12.8. The molecule has 0 unspecified atom stereocenters. The molecule has 3 rings (SSSR count). The number of nitrogens with one attached hydrogen (secondary N) is 1. The number of carbonyl (C=O) groups is 1. The van der Waals surface area contributed by atoms with Crippen molar-refractivity contribution in [3.05, 3.63) is 60.1 Å². The normalized spacial score (nSPS) is 17.0. The van der Waals surface area contributed by atoms with Crippen molar-refractivity contribution in [3.63, 3.8) is 0 Å². The molecule has 0 saturated heterocycles. The van der Waals surface area contributed by atoms with E-state index in [0.717, 1.165) is 30.7 Å². The van der Waals surface area contributed by atoms with Crippen LogP contribution < -0.4 is 5.32 Å². The van der Waals surface area contributed by atoms with Gasteiger partial charge in [-0.3, -0.25) is 0 Å². The van der Waals surface area contributed by atoms with E-state index in [-0.39, 0.29) is 17.6 Å². The van der Waals surface area contributed by atoms with E-state index in [2.05, 4.69) is 24.3 Å². The van der Waals surface area contributed by atoms with Crippen molar-refractivity contribution in [3.8, 4) is 0 Å². The third-order valence-electron chi connectivity index (χ3n) is 5.34. The molecule has 0 bridgehead atoms. The molecule has 1 aliphatic rings. The first-order valence-electron chi connectivity index (χ1n) is 8.79. The van der Waals surface area contributed by atoms with Gasteiger partial charge in [0.05, 0.1) is 6.26 Å². The Labute approximate surface area is 149 Å². The van der Waals surface area contributed by atoms with Gasteiger partial charge < -0.3 is 19.5 Å². The van der Waals surface area contributed by atoms with Crippen molar-refractivity contribution in [2.45, 2.75) is 30.8 Å². The van der Waals surface area contributed by atoms with Gasteiger partial charge in [-0.05, 0) is 51.1 Å². The number of nitrogens with zero attached hydrogens (tertiary/aromatic N) is 2. The predicted molar refractivity (Wildman–Crippen MR) is 98.4 cm³/mol. The fourth-order valence-corrected chi connectivity index (χ4v) is 3.50. The Hall–Kier alpha value is -2.27. The Balaban J connectivity index is 1.72. The first-order valence-corrected chi connectivity index (χ1v) is 8.79. The summed E-state index contributed by atoms with van der Waals surface area (Å²) in [6.45, 7) is 0.728. The average Bonchev–Trinajstić information content (AvgIpc) is 3.10. The molecule has 1 aliphatic carbocycles. The molecule has 1 heterocycles. The van der Waals surface area contributed by atoms with Gasteiger partial charge in [0.25, 0.3) is 0 Å². The third-order valence-corrected chi connectivity index (χ3v) is 5.34. The zero-order valence-corrected chi connectivity index (χ0v) is 15.2. The van der Waals surface area contributed by atoms with Crippen molar-refractivity contribution in [1.82, 2.24) is 15.1 Å². The fraction of sp³-hybridized carbons (Fsp3) is 0.450. The van der Waals surface area contributed by atoms with E-state index < -0.39 is 0 Å². The van der Waals surface area contributed by atoms with Crippen LogP contribution in [0.2, 0.25) is 0 Å². The van der Waals surface area contributed by atoms with Crippen LogP contribution in [0.4, 0.5) is 4.79 Å². The number of benzene rings is 1. The average molecular weight is 341 g/mol. The lowest BCUT2D eigenvalue weighted by molar-refractivity contribution is 0.0361. The summed E-state index contributed by atoms with van der Waals surface area (Å²) < 4.78 is 5.56. The topological polar surface area (TPSA) is 48.7 Å². The minimum absolute atomic E-state index is 0.0848. The molecule has 1 N–H and O–H groups in total. The molecule has 2 aromatic rings. The SMILES string of the molecule is CN(CC1(N(C)C)CCC1)C(=O)N[C@H](c1ccccc1)c1ccco1. The van der Waals surface area contributed by atoms with Crippen LogP contribution in [0.3, 0.4) is 0 Å². The number of urea groups is 1. The van der Waals surface area contributed by atoms with Crippen molar-refractivity contribution < 1.29 is 9.21 Å². The van der Waals surface area contributed by atoms with E-state index in [1.165, 1.54) is 6.42 Å². The summed E-state index contributed by atoms with van der Waals surface area (Å²) in [6.07, 6.45) is 5.14. The largest absolute Gasteiger partial charge is 0.467 e. The molecule has 1 saturated carbocycles. The lowest BCUT2D eigenvalue weighted by atomic mass is 9.75. The molecule has 5 nitrogen and oxygen atoms in total. The lowest BCUT2D eigenvalue weighted by Gasteiger charge is -2.49. The van der Waals surface area contributed by atoms with E-state index in [1.54, 1.807) is 11.2 Å². The van der Waals surface area contributed by atoms with Gasteiger partial charge in [-0.1, -0.05) is 30.3 Å². The first-order chi connectivity index (χ1) is 12.0. The van der Waals surface area contributed by atoms with Crippen LogP contribution in [0.5, 0.6) is 0 Å². The zero-order valence-electron chi connectivity index (χ0n) is 15.2. The molecule has 1 aromatic carbocycles. The standard InChI is InChI=1S/C20H27N3O2/c1-22(2)20(12-8-13-20)15-23(3)19(24)21-18(17-11-7-14-25-17)16-9-5-4-6-10-16/h4-7,9-11,14,18H,8,12-13,15H2,1-3H3,(H,21,24)/t18-/m1/s1. The smallest absolute Gasteiger partial charge is 0.318 e. The number of furan rings is 1. The Morgan fingerprint density at radius 2 is 1.88 bits per heavy atom. The first kappa shape index (κ1) is 17.5. The minimum Gasteiger partial charge on any atom is -0.467 e. The van der Waals surface area contributed by atoms with Gasteiger partial charge in [-0.2, -0.15) is 0 Å². The van der Waals surface area contributed by atoms with Gasteiger partial charge in [0.2, 0.25) is 0 Å². The molecule has 25 heavy (non-hydrogen) atoms. The van der Waals surface area contributed by atoms with Gasteiger partial charge in [-0.15, -0.1) is 0 Å². The molecule has 1 fully saturated rings. The predicted octanol–water partition coefficient (Wildman–Crippen LogP) is 3.49. The lowest BCUT2D eigenvalue weighted by Crippen LogP contribution is -2.58. The Morgan fingerprint density at radius 1 is 1.16 bits per heavy atom. The highest BCUT2D eigenvalue weighted by Gasteiger charge is 2.40. The summed E-state index contributed by atoms with van der Waals surface area (Å²) in [6, 6.07) is 13.3. The maximum atomic E-state index is 12.8. The van der Waals surface area contributed by atoms with Crippen LogP contribution in [0, 0.1) is 0 Å². The Kier molecular flexibility index (Phi) is 5.13. The summed E-state index contributed by atoms with van der Waals surface area (Å²) in [5.41, 5.74) is 1.11.